The molecule has 0 aromatic heterocycles. The van der Waals surface area contributed by atoms with Crippen LogP contribution < -0.4 is 0 Å². The minimum Gasteiger partial charge on any atom is -0.353 e. The highest BCUT2D eigenvalue weighted by atomic mass is 32.2. The predicted octanol–water partition coefficient (Wildman–Crippen LogP) is 1.11. The monoisotopic (exact) mass is 202 g/mol. The van der Waals surface area contributed by atoms with Crippen molar-refractivity contribution in [3.63, 3.8) is 0 Å². The molecule has 0 aromatic carbocycles. The van der Waals surface area contributed by atoms with Crippen molar-refractivity contribution in [2.75, 3.05) is 20.5 Å². The largest absolute Gasteiger partial charge is 0.353 e. The van der Waals surface area contributed by atoms with Crippen molar-refractivity contribution in [2.24, 2.45) is 4.99 Å². The average Bonchev–Trinajstić information content (AvgIpc) is 2.20. The van der Waals surface area contributed by atoms with Gasteiger partial charge in [0.05, 0.1) is 0 Å². The third kappa shape index (κ3) is 2.46. The summed E-state index contributed by atoms with van der Waals surface area (Å²) in [7, 11) is 3.26. The van der Waals surface area contributed by atoms with E-state index in [1.54, 1.807) is 38.7 Å². The van der Waals surface area contributed by atoms with Gasteiger partial charge in [0, 0.05) is 26.7 Å². The fourth-order valence-corrected chi connectivity index (χ4v) is 1.72. The molecular formula is C8H14N2O2S. The molecule has 0 aromatic rings. The fourth-order valence-electron chi connectivity index (χ4n) is 1.16. The standard InChI is InChI=1S/C8H14N2O2S/c1-11-8(12-2)7-4-5-9-6-10(7)13-3/h4-8H,1-3H3. The first kappa shape index (κ1) is 10.6. The number of nitrogens with zero attached hydrogens (tertiary/aromatic N) is 2. The summed E-state index contributed by atoms with van der Waals surface area (Å²) in [6.45, 7) is 0. The van der Waals surface area contributed by atoms with E-state index in [0.717, 1.165) is 0 Å². The Morgan fingerprint density at radius 1 is 1.46 bits per heavy atom. The van der Waals surface area contributed by atoms with E-state index in [1.807, 2.05) is 16.6 Å². The van der Waals surface area contributed by atoms with E-state index in [9.17, 15) is 0 Å². The average molecular weight is 202 g/mol. The van der Waals surface area contributed by atoms with Gasteiger partial charge < -0.3 is 9.47 Å². The third-order valence-corrected chi connectivity index (χ3v) is 2.56. The minimum absolute atomic E-state index is 0.0856. The first-order valence-electron chi connectivity index (χ1n) is 3.91. The van der Waals surface area contributed by atoms with Crippen molar-refractivity contribution in [2.45, 2.75) is 12.3 Å². The van der Waals surface area contributed by atoms with Gasteiger partial charge in [-0.1, -0.05) is 11.9 Å². The lowest BCUT2D eigenvalue weighted by Gasteiger charge is -2.31. The molecule has 1 atom stereocenters. The highest BCUT2D eigenvalue weighted by Crippen LogP contribution is 2.18. The molecule has 1 unspecified atom stereocenters. The zero-order valence-electron chi connectivity index (χ0n) is 8.01. The Hall–Kier alpha value is -0.520. The predicted molar refractivity (Wildman–Crippen MR) is 54.6 cm³/mol. The quantitative estimate of drug-likeness (QED) is 0.505. The summed E-state index contributed by atoms with van der Waals surface area (Å²) in [6.07, 6.45) is 7.20. The van der Waals surface area contributed by atoms with E-state index < -0.39 is 0 Å². The molecule has 0 amide bonds. The molecule has 5 heteroatoms. The minimum atomic E-state index is -0.254. The summed E-state index contributed by atoms with van der Waals surface area (Å²) in [5.74, 6) is 0. The van der Waals surface area contributed by atoms with Gasteiger partial charge >= 0.3 is 0 Å². The Morgan fingerprint density at radius 2 is 2.15 bits per heavy atom. The first-order chi connectivity index (χ1) is 6.33. The molecule has 0 N–H and O–H groups in total. The molecule has 0 bridgehead atoms. The van der Waals surface area contributed by atoms with Gasteiger partial charge in [0.15, 0.2) is 6.29 Å². The van der Waals surface area contributed by atoms with Crippen molar-refractivity contribution < 1.29 is 9.47 Å². The molecule has 13 heavy (non-hydrogen) atoms. The summed E-state index contributed by atoms with van der Waals surface area (Å²) < 4.78 is 12.3. The lowest BCUT2D eigenvalue weighted by atomic mass is 10.2. The van der Waals surface area contributed by atoms with Crippen LogP contribution in [0.2, 0.25) is 0 Å². The summed E-state index contributed by atoms with van der Waals surface area (Å²) in [5.41, 5.74) is 0. The second-order valence-corrected chi connectivity index (χ2v) is 3.27. The van der Waals surface area contributed by atoms with E-state index in [4.69, 9.17) is 9.47 Å². The Balaban J connectivity index is 2.65. The SMILES string of the molecule is COC(OC)C1C=CN=CN1SC. The van der Waals surface area contributed by atoms with Crippen LogP contribution in [0.4, 0.5) is 0 Å². The lowest BCUT2D eigenvalue weighted by Crippen LogP contribution is -2.40. The van der Waals surface area contributed by atoms with E-state index in [0.29, 0.717) is 0 Å². The molecular weight excluding hydrogens is 188 g/mol. The Labute approximate surface area is 82.7 Å². The molecule has 1 aliphatic heterocycles. The highest BCUT2D eigenvalue weighted by molar-refractivity contribution is 7.96. The van der Waals surface area contributed by atoms with Crippen molar-refractivity contribution in [1.29, 1.82) is 0 Å². The molecule has 4 nitrogen and oxygen atoms in total. The molecule has 1 aliphatic rings. The van der Waals surface area contributed by atoms with Crippen molar-refractivity contribution >= 4 is 18.3 Å². The van der Waals surface area contributed by atoms with Crippen LogP contribution in [0, 0.1) is 0 Å². The number of hydrogen-bond acceptors (Lipinski definition) is 5. The molecule has 74 valence electrons. The molecule has 0 radical (unpaired) electrons. The van der Waals surface area contributed by atoms with E-state index in [2.05, 4.69) is 4.99 Å². The summed E-state index contributed by atoms with van der Waals surface area (Å²) in [5, 5.41) is 0. The van der Waals surface area contributed by atoms with Crippen LogP contribution in [-0.2, 0) is 9.47 Å². The maximum atomic E-state index is 5.18. The lowest BCUT2D eigenvalue weighted by molar-refractivity contribution is -0.119. The van der Waals surface area contributed by atoms with Gasteiger partial charge in [-0.05, 0) is 6.08 Å². The fraction of sp³-hybridized carbons (Fsp3) is 0.625. The number of methoxy groups -OCH3 is 2. The van der Waals surface area contributed by atoms with Crippen LogP contribution in [0.15, 0.2) is 17.3 Å². The van der Waals surface area contributed by atoms with Crippen LogP contribution in [0.1, 0.15) is 0 Å². The number of hydrogen-bond donors (Lipinski definition) is 0. The summed E-state index contributed by atoms with van der Waals surface area (Å²) >= 11 is 1.59. The van der Waals surface area contributed by atoms with Gasteiger partial charge in [-0.3, -0.25) is 4.31 Å². The molecule has 1 rings (SSSR count). The van der Waals surface area contributed by atoms with E-state index in [-0.39, 0.29) is 12.3 Å². The van der Waals surface area contributed by atoms with Gasteiger partial charge in [-0.25, -0.2) is 4.99 Å². The van der Waals surface area contributed by atoms with Gasteiger partial charge in [0.25, 0.3) is 0 Å². The summed E-state index contributed by atoms with van der Waals surface area (Å²) in [4.78, 5) is 4.02. The Kier molecular flexibility index (Phi) is 4.27. The molecule has 0 aliphatic carbocycles. The zero-order chi connectivity index (χ0) is 9.68. The zero-order valence-corrected chi connectivity index (χ0v) is 8.82. The van der Waals surface area contributed by atoms with Gasteiger partial charge in [-0.2, -0.15) is 0 Å². The number of rotatable bonds is 4. The van der Waals surface area contributed by atoms with Crippen LogP contribution in [-0.4, -0.2) is 43.5 Å². The molecule has 0 saturated carbocycles. The number of aliphatic imine (C=N–C) groups is 1. The van der Waals surface area contributed by atoms with Crippen molar-refractivity contribution in [1.82, 2.24) is 4.31 Å². The van der Waals surface area contributed by atoms with Crippen molar-refractivity contribution in [3.05, 3.63) is 12.3 Å². The van der Waals surface area contributed by atoms with Crippen LogP contribution in [0.3, 0.4) is 0 Å². The maximum Gasteiger partial charge on any atom is 0.181 e. The first-order valence-corrected chi connectivity index (χ1v) is 5.09. The topological polar surface area (TPSA) is 34.1 Å². The van der Waals surface area contributed by atoms with Gasteiger partial charge in [0.1, 0.15) is 12.4 Å². The maximum absolute atomic E-state index is 5.18. The number of ether oxygens (including phenoxy) is 2. The van der Waals surface area contributed by atoms with Gasteiger partial charge in [-0.15, -0.1) is 0 Å². The van der Waals surface area contributed by atoms with E-state index in [1.165, 1.54) is 0 Å². The smallest absolute Gasteiger partial charge is 0.181 e. The molecule has 0 saturated heterocycles. The van der Waals surface area contributed by atoms with Gasteiger partial charge in [0.2, 0.25) is 0 Å². The van der Waals surface area contributed by atoms with Crippen LogP contribution in [0.5, 0.6) is 0 Å². The Morgan fingerprint density at radius 3 is 2.69 bits per heavy atom. The second-order valence-electron chi connectivity index (χ2n) is 2.48. The molecule has 0 spiro atoms. The highest BCUT2D eigenvalue weighted by Gasteiger charge is 2.24. The molecule has 1 heterocycles. The molecule has 0 fully saturated rings. The third-order valence-electron chi connectivity index (χ3n) is 1.80. The van der Waals surface area contributed by atoms with Crippen LogP contribution in [0.25, 0.3) is 0 Å². The van der Waals surface area contributed by atoms with E-state index >= 15 is 0 Å². The normalized spacial score (nSPS) is 21.5. The second kappa shape index (κ2) is 5.26. The Bertz CT molecular complexity index is 204. The van der Waals surface area contributed by atoms with Crippen LogP contribution >= 0.6 is 11.9 Å². The summed E-state index contributed by atoms with van der Waals surface area (Å²) in [6, 6.07) is 0.0856. The van der Waals surface area contributed by atoms with Crippen molar-refractivity contribution in [3.8, 4) is 0 Å².